The topological polar surface area (TPSA) is 176 Å². The third-order valence-electron chi connectivity index (χ3n) is 8.14. The Hall–Kier alpha value is -3.74. The average Bonchev–Trinajstić information content (AvgIpc) is 3.01. The van der Waals surface area contributed by atoms with Gasteiger partial charge in [-0.3, -0.25) is 24.0 Å². The van der Waals surface area contributed by atoms with E-state index in [1.54, 1.807) is 14.0 Å². The summed E-state index contributed by atoms with van der Waals surface area (Å²) in [6, 6.07) is -0.489. The van der Waals surface area contributed by atoms with E-state index < -0.39 is 30.1 Å². The molecule has 0 bridgehead atoms. The van der Waals surface area contributed by atoms with Gasteiger partial charge in [-0.25, -0.2) is 0 Å². The van der Waals surface area contributed by atoms with E-state index in [0.29, 0.717) is 49.9 Å². The number of amides is 5. The van der Waals surface area contributed by atoms with Crippen molar-refractivity contribution in [2.45, 2.75) is 125 Å². The molecule has 1 aromatic heterocycles. The third kappa shape index (κ3) is 14.6. The normalized spacial score (nSPS) is 14.5. The van der Waals surface area contributed by atoms with Gasteiger partial charge in [0.15, 0.2) is 12.4 Å². The number of aromatic nitrogens is 1. The lowest BCUT2D eigenvalue weighted by molar-refractivity contribution is -0.605. The lowest BCUT2D eigenvalue weighted by atomic mass is 10.00. The van der Waals surface area contributed by atoms with Gasteiger partial charge in [-0.05, 0) is 57.3 Å². The van der Waals surface area contributed by atoms with Crippen LogP contribution >= 0.6 is 0 Å². The van der Waals surface area contributed by atoms with Gasteiger partial charge in [0.05, 0.1) is 11.6 Å². The maximum atomic E-state index is 13.9. The molecule has 5 amide bonds. The molecule has 272 valence electrons. The molecule has 0 aliphatic heterocycles. The van der Waals surface area contributed by atoms with Crippen LogP contribution in [-0.4, -0.2) is 84.8 Å². The molecule has 0 radical (unpaired) electrons. The van der Waals surface area contributed by atoms with Crippen molar-refractivity contribution in [3.8, 4) is 0 Å². The Labute approximate surface area is 287 Å². The first-order valence-electron chi connectivity index (χ1n) is 17.4. The number of hydrogen-bond donors (Lipinski definition) is 5. The molecule has 5 N–H and O–H groups in total. The maximum Gasteiger partial charge on any atom is 0.252 e. The Balaban J connectivity index is 3.07. The second-order valence-corrected chi connectivity index (χ2v) is 13.8. The Morgan fingerprint density at radius 1 is 0.812 bits per heavy atom. The molecule has 0 fully saturated rings. The van der Waals surface area contributed by atoms with Crippen molar-refractivity contribution < 1.29 is 28.7 Å². The Morgan fingerprint density at radius 2 is 1.44 bits per heavy atom. The molecule has 13 nitrogen and oxygen atoms in total. The quantitative estimate of drug-likeness (QED) is 0.0981. The summed E-state index contributed by atoms with van der Waals surface area (Å²) in [5, 5.41) is 26.2. The number of carbonyl (C=O) groups is 5. The SMILES string of the molecule is CCC[C@@H](C(=O)N[C@H](CN[C@@H](C)C(=O)N[C@H](C(=O)NCC)C(C)C)CC(C)C)N(C)C(=O)[C@H](CCC(C)C)NC(=O)c1cc[n+]([O-])cc1. The first-order chi connectivity index (χ1) is 22.5. The smallest absolute Gasteiger partial charge is 0.252 e. The van der Waals surface area contributed by atoms with Gasteiger partial charge in [0, 0.05) is 38.3 Å². The van der Waals surface area contributed by atoms with E-state index in [4.69, 9.17) is 0 Å². The van der Waals surface area contributed by atoms with Crippen molar-refractivity contribution in [2.24, 2.45) is 17.8 Å². The van der Waals surface area contributed by atoms with Gasteiger partial charge >= 0.3 is 0 Å². The van der Waals surface area contributed by atoms with Crippen LogP contribution in [0.1, 0.15) is 105 Å². The van der Waals surface area contributed by atoms with Gasteiger partial charge in [0.1, 0.15) is 18.1 Å². The minimum absolute atomic E-state index is 0.0985. The van der Waals surface area contributed by atoms with Crippen molar-refractivity contribution in [3.05, 3.63) is 35.3 Å². The molecule has 0 unspecified atom stereocenters. The number of pyridine rings is 1. The Bertz CT molecular complexity index is 1170. The summed E-state index contributed by atoms with van der Waals surface area (Å²) in [4.78, 5) is 67.5. The summed E-state index contributed by atoms with van der Waals surface area (Å²) in [6.07, 6.45) is 5.20. The van der Waals surface area contributed by atoms with Gasteiger partial charge < -0.3 is 36.7 Å². The van der Waals surface area contributed by atoms with Crippen molar-refractivity contribution in [2.75, 3.05) is 20.1 Å². The van der Waals surface area contributed by atoms with Gasteiger partial charge in [-0.2, -0.15) is 4.73 Å². The predicted molar refractivity (Wildman–Crippen MR) is 186 cm³/mol. The Morgan fingerprint density at radius 3 is 1.96 bits per heavy atom. The van der Waals surface area contributed by atoms with Crippen molar-refractivity contribution >= 4 is 29.5 Å². The monoisotopic (exact) mass is 675 g/mol. The maximum absolute atomic E-state index is 13.9. The van der Waals surface area contributed by atoms with Crippen LogP contribution in [0.5, 0.6) is 0 Å². The van der Waals surface area contributed by atoms with Gasteiger partial charge in [0.2, 0.25) is 23.6 Å². The summed E-state index contributed by atoms with van der Waals surface area (Å²) in [5.41, 5.74) is 0.255. The highest BCUT2D eigenvalue weighted by Gasteiger charge is 2.33. The molecule has 1 aromatic rings. The standard InChI is InChI=1S/C35H61N7O6/c1-11-13-29(41(10)35(47)28(15-14-22(3)4)39-32(44)26-16-18-42(48)19-17-26)33(45)38-27(20-23(5)6)21-37-25(9)31(43)40-30(24(7)8)34(46)36-12-2/h16-19,22-25,27-30,37H,11-15,20-21H2,1-10H3,(H,36,46)(H,38,45)(H,39,44)(H,40,43)/t25-,27-,28-,29-,30-/m0/s1. The number of hydrogen-bond acceptors (Lipinski definition) is 7. The van der Waals surface area contributed by atoms with E-state index in [9.17, 15) is 29.2 Å². The molecule has 0 aliphatic carbocycles. The molecular weight excluding hydrogens is 614 g/mol. The number of likely N-dealkylation sites (N-methyl/N-ethyl adjacent to an activating group) is 2. The van der Waals surface area contributed by atoms with Crippen LogP contribution in [0.4, 0.5) is 0 Å². The highest BCUT2D eigenvalue weighted by atomic mass is 16.5. The van der Waals surface area contributed by atoms with E-state index in [1.165, 1.54) is 29.4 Å². The number of rotatable bonds is 21. The van der Waals surface area contributed by atoms with E-state index >= 15 is 0 Å². The van der Waals surface area contributed by atoms with Gasteiger partial charge in [-0.15, -0.1) is 0 Å². The molecule has 13 heteroatoms. The van der Waals surface area contributed by atoms with Crippen LogP contribution in [0.15, 0.2) is 24.5 Å². The van der Waals surface area contributed by atoms with E-state index in [0.717, 1.165) is 0 Å². The molecule has 48 heavy (non-hydrogen) atoms. The largest absolute Gasteiger partial charge is 0.619 e. The molecule has 0 saturated carbocycles. The minimum atomic E-state index is -0.863. The van der Waals surface area contributed by atoms with E-state index in [2.05, 4.69) is 26.6 Å². The molecule has 1 heterocycles. The van der Waals surface area contributed by atoms with Crippen LogP contribution < -0.4 is 31.3 Å². The first-order valence-corrected chi connectivity index (χ1v) is 17.4. The molecule has 5 atom stereocenters. The number of nitrogens with one attached hydrogen (secondary N) is 5. The zero-order valence-corrected chi connectivity index (χ0v) is 30.7. The van der Waals surface area contributed by atoms with Gasteiger partial charge in [0.25, 0.3) is 5.91 Å². The predicted octanol–water partition coefficient (Wildman–Crippen LogP) is 2.27. The highest BCUT2D eigenvalue weighted by molar-refractivity contribution is 5.98. The summed E-state index contributed by atoms with van der Waals surface area (Å²) in [5.74, 6) is -1.30. The molecular formula is C35H61N7O6. The summed E-state index contributed by atoms with van der Waals surface area (Å²) < 4.78 is 0.577. The zero-order chi connectivity index (χ0) is 36.6. The van der Waals surface area contributed by atoms with Crippen LogP contribution in [-0.2, 0) is 19.2 Å². The van der Waals surface area contributed by atoms with Crippen LogP contribution in [0.2, 0.25) is 0 Å². The van der Waals surface area contributed by atoms with Crippen molar-refractivity contribution in [1.82, 2.24) is 31.5 Å². The minimum Gasteiger partial charge on any atom is -0.619 e. The van der Waals surface area contributed by atoms with E-state index in [1.807, 2.05) is 55.4 Å². The Kier molecular flexibility index (Phi) is 18.7. The molecule has 0 spiro atoms. The average molecular weight is 676 g/mol. The second kappa shape index (κ2) is 21.3. The first kappa shape index (κ1) is 42.3. The van der Waals surface area contributed by atoms with Crippen molar-refractivity contribution in [3.63, 3.8) is 0 Å². The lowest BCUT2D eigenvalue weighted by Crippen LogP contribution is -2.57. The van der Waals surface area contributed by atoms with Crippen LogP contribution in [0, 0.1) is 23.0 Å². The van der Waals surface area contributed by atoms with Crippen LogP contribution in [0.25, 0.3) is 0 Å². The fraction of sp³-hybridized carbons (Fsp3) is 0.714. The fourth-order valence-electron chi connectivity index (χ4n) is 5.31. The van der Waals surface area contributed by atoms with E-state index in [-0.39, 0.29) is 53.0 Å². The zero-order valence-electron chi connectivity index (χ0n) is 30.7. The number of carbonyl (C=O) groups excluding carboxylic acids is 5. The summed E-state index contributed by atoms with van der Waals surface area (Å²) in [7, 11) is 1.58. The third-order valence-corrected chi connectivity index (χ3v) is 8.14. The lowest BCUT2D eigenvalue weighted by Gasteiger charge is -2.33. The van der Waals surface area contributed by atoms with Crippen LogP contribution in [0.3, 0.4) is 0 Å². The molecule has 0 aliphatic rings. The molecule has 0 aromatic carbocycles. The van der Waals surface area contributed by atoms with Gasteiger partial charge in [-0.1, -0.05) is 54.9 Å². The van der Waals surface area contributed by atoms with Crippen molar-refractivity contribution in [1.29, 1.82) is 0 Å². The fourth-order valence-corrected chi connectivity index (χ4v) is 5.31. The summed E-state index contributed by atoms with van der Waals surface area (Å²) in [6.45, 7) is 18.1. The molecule has 1 rings (SSSR count). The second-order valence-electron chi connectivity index (χ2n) is 13.8. The number of nitrogens with zero attached hydrogens (tertiary/aromatic N) is 2. The molecule has 0 saturated heterocycles. The summed E-state index contributed by atoms with van der Waals surface area (Å²) >= 11 is 0. The highest BCUT2D eigenvalue weighted by Crippen LogP contribution is 2.15.